The second-order valence-electron chi connectivity index (χ2n) is 12.1. The minimum absolute atomic E-state index is 0.0208. The zero-order valence-electron chi connectivity index (χ0n) is 25.1. The number of carbonyl (C=O) groups excluding carboxylic acids is 1. The van der Waals surface area contributed by atoms with Gasteiger partial charge in [-0.3, -0.25) is 9.80 Å². The molecule has 1 N–H and O–H groups in total. The fraction of sp³-hybridized carbons (Fsp3) is 0.417. The predicted octanol–water partition coefficient (Wildman–Crippen LogP) is 7.48. The Morgan fingerprint density at radius 1 is 0.886 bits per heavy atom. The Morgan fingerprint density at radius 2 is 1.66 bits per heavy atom. The van der Waals surface area contributed by atoms with E-state index < -0.39 is 0 Å². The standard InChI is InChI=1S/C36H40N2O5S/c39-27-11-16-30-31(35(44-34(30)24-27)26-9-14-28(15-10-26)41-21-19-37-17-3-4-18-37)23-25-7-12-29(13-8-25)43-33-6-2-1-5-32(33)38-20-22-42-36(38)40/h7-16,24,32-33,39H,1-6,17-23H2/t32-,33-/m0/s1. The molecule has 7 nitrogen and oxygen atoms in total. The number of thiophene rings is 1. The summed E-state index contributed by atoms with van der Waals surface area (Å²) in [5.74, 6) is 2.01. The summed E-state index contributed by atoms with van der Waals surface area (Å²) >= 11 is 1.72. The SMILES string of the molecule is O=C1OCCN1[C@H]1CCCC[C@@H]1Oc1ccc(Cc2c(-c3ccc(OCCN4CCCC4)cc3)sc3cc(O)ccc23)cc1. The number of carbonyl (C=O) groups is 1. The van der Waals surface area contributed by atoms with Gasteiger partial charge in [0.25, 0.3) is 0 Å². The summed E-state index contributed by atoms with van der Waals surface area (Å²) < 4.78 is 18.8. The van der Waals surface area contributed by atoms with Gasteiger partial charge in [-0.1, -0.05) is 18.6 Å². The van der Waals surface area contributed by atoms with Crippen LogP contribution in [-0.2, 0) is 11.2 Å². The summed E-state index contributed by atoms with van der Waals surface area (Å²) in [6.45, 7) is 5.15. The number of nitrogens with zero attached hydrogens (tertiary/aromatic N) is 2. The topological polar surface area (TPSA) is 71.5 Å². The van der Waals surface area contributed by atoms with E-state index in [1.54, 1.807) is 17.4 Å². The van der Waals surface area contributed by atoms with Gasteiger partial charge in [0.2, 0.25) is 0 Å². The van der Waals surface area contributed by atoms with E-state index in [0.717, 1.165) is 65.8 Å². The van der Waals surface area contributed by atoms with Crippen LogP contribution in [0.4, 0.5) is 4.79 Å². The Bertz CT molecular complexity index is 1580. The number of amides is 1. The molecule has 2 atom stereocenters. The van der Waals surface area contributed by atoms with Crippen LogP contribution < -0.4 is 9.47 Å². The molecule has 1 amide bonds. The molecular weight excluding hydrogens is 572 g/mol. The molecule has 7 rings (SSSR count). The quantitative estimate of drug-likeness (QED) is 0.200. The van der Waals surface area contributed by atoms with Gasteiger partial charge >= 0.3 is 6.09 Å². The first-order valence-electron chi connectivity index (χ1n) is 16.0. The molecule has 0 radical (unpaired) electrons. The molecule has 0 unspecified atom stereocenters. The third-order valence-corrected chi connectivity index (χ3v) is 10.5. The lowest BCUT2D eigenvalue weighted by Gasteiger charge is -2.36. The maximum absolute atomic E-state index is 12.2. The molecule has 3 aliphatic rings. The number of cyclic esters (lactones) is 1. The molecule has 44 heavy (non-hydrogen) atoms. The first kappa shape index (κ1) is 29.0. The number of phenols is 1. The smallest absolute Gasteiger partial charge is 0.410 e. The molecule has 1 aromatic heterocycles. The predicted molar refractivity (Wildman–Crippen MR) is 174 cm³/mol. The average Bonchev–Trinajstić information content (AvgIpc) is 3.80. The van der Waals surface area contributed by atoms with Crippen molar-refractivity contribution in [3.8, 4) is 27.7 Å². The summed E-state index contributed by atoms with van der Waals surface area (Å²) in [7, 11) is 0. The van der Waals surface area contributed by atoms with Gasteiger partial charge in [-0.25, -0.2) is 4.79 Å². The highest BCUT2D eigenvalue weighted by molar-refractivity contribution is 7.22. The lowest BCUT2D eigenvalue weighted by atomic mass is 9.91. The third-order valence-electron chi connectivity index (χ3n) is 9.22. The Kier molecular flexibility index (Phi) is 8.62. The van der Waals surface area contributed by atoms with Crippen LogP contribution >= 0.6 is 11.3 Å². The van der Waals surface area contributed by atoms with E-state index in [-0.39, 0.29) is 24.0 Å². The van der Waals surface area contributed by atoms with Crippen molar-refractivity contribution in [1.82, 2.24) is 9.80 Å². The summed E-state index contributed by atoms with van der Waals surface area (Å²) in [5, 5.41) is 11.4. The zero-order valence-corrected chi connectivity index (χ0v) is 25.9. The van der Waals surface area contributed by atoms with Crippen molar-refractivity contribution in [2.45, 2.75) is 57.1 Å². The van der Waals surface area contributed by atoms with Crippen LogP contribution in [0.15, 0.2) is 66.7 Å². The molecule has 3 aromatic carbocycles. The second kappa shape index (κ2) is 13.1. The highest BCUT2D eigenvalue weighted by Crippen LogP contribution is 2.41. The number of fused-ring (bicyclic) bond motifs is 1. The van der Waals surface area contributed by atoms with Crippen molar-refractivity contribution < 1.29 is 24.1 Å². The van der Waals surface area contributed by atoms with E-state index in [1.807, 2.05) is 17.0 Å². The van der Waals surface area contributed by atoms with Crippen molar-refractivity contribution in [1.29, 1.82) is 0 Å². The second-order valence-corrected chi connectivity index (χ2v) is 13.2. The maximum atomic E-state index is 12.2. The molecule has 3 heterocycles. The van der Waals surface area contributed by atoms with E-state index in [1.165, 1.54) is 41.9 Å². The molecule has 1 saturated carbocycles. The van der Waals surface area contributed by atoms with Gasteiger partial charge in [0, 0.05) is 16.1 Å². The molecule has 4 aromatic rings. The van der Waals surface area contributed by atoms with Gasteiger partial charge in [0.1, 0.15) is 36.6 Å². The monoisotopic (exact) mass is 612 g/mol. The Balaban J connectivity index is 1.07. The molecule has 0 spiro atoms. The Labute approximate surface area is 263 Å². The molecule has 2 aliphatic heterocycles. The van der Waals surface area contributed by atoms with Crippen LogP contribution in [0.3, 0.4) is 0 Å². The first-order valence-corrected chi connectivity index (χ1v) is 16.8. The van der Waals surface area contributed by atoms with Crippen molar-refractivity contribution >= 4 is 27.5 Å². The summed E-state index contributed by atoms with van der Waals surface area (Å²) in [6, 6.07) is 22.5. The zero-order chi connectivity index (χ0) is 29.9. The fourth-order valence-electron chi connectivity index (χ4n) is 6.89. The number of benzene rings is 3. The van der Waals surface area contributed by atoms with Crippen molar-refractivity contribution in [2.75, 3.05) is 39.4 Å². The highest BCUT2D eigenvalue weighted by atomic mass is 32.1. The summed E-state index contributed by atoms with van der Waals surface area (Å²) in [5.41, 5.74) is 3.59. The van der Waals surface area contributed by atoms with Gasteiger partial charge < -0.3 is 19.3 Å². The molecule has 0 bridgehead atoms. The number of rotatable bonds is 10. The van der Waals surface area contributed by atoms with Crippen LogP contribution in [0, 0.1) is 0 Å². The number of ether oxygens (including phenoxy) is 3. The maximum Gasteiger partial charge on any atom is 0.410 e. The number of likely N-dealkylation sites (tertiary alicyclic amines) is 1. The van der Waals surface area contributed by atoms with E-state index in [9.17, 15) is 9.90 Å². The van der Waals surface area contributed by atoms with Crippen molar-refractivity contribution in [3.63, 3.8) is 0 Å². The first-order chi connectivity index (χ1) is 21.6. The van der Waals surface area contributed by atoms with Gasteiger partial charge in [-0.2, -0.15) is 0 Å². The molecular formula is C36H40N2O5S. The van der Waals surface area contributed by atoms with Gasteiger partial charge in [0.05, 0.1) is 12.6 Å². The molecule has 1 aliphatic carbocycles. The largest absolute Gasteiger partial charge is 0.508 e. The van der Waals surface area contributed by atoms with Gasteiger partial charge in [0.15, 0.2) is 0 Å². The van der Waals surface area contributed by atoms with Crippen LogP contribution in [0.2, 0.25) is 0 Å². The van der Waals surface area contributed by atoms with E-state index in [4.69, 9.17) is 14.2 Å². The number of phenolic OH excluding ortho intramolecular Hbond substituents is 1. The Morgan fingerprint density at radius 3 is 2.43 bits per heavy atom. The van der Waals surface area contributed by atoms with Crippen LogP contribution in [0.25, 0.3) is 20.5 Å². The lowest BCUT2D eigenvalue weighted by Crippen LogP contribution is -2.48. The van der Waals surface area contributed by atoms with Crippen LogP contribution in [0.5, 0.6) is 17.2 Å². The highest BCUT2D eigenvalue weighted by Gasteiger charge is 2.37. The molecule has 2 saturated heterocycles. The molecule has 230 valence electrons. The molecule has 3 fully saturated rings. The summed E-state index contributed by atoms with van der Waals surface area (Å²) in [6.07, 6.45) is 7.22. The number of hydrogen-bond acceptors (Lipinski definition) is 7. The normalized spacial score (nSPS) is 20.7. The van der Waals surface area contributed by atoms with Crippen molar-refractivity contribution in [2.24, 2.45) is 0 Å². The number of hydrogen-bond donors (Lipinski definition) is 1. The van der Waals surface area contributed by atoms with E-state index >= 15 is 0 Å². The minimum atomic E-state index is -0.215. The van der Waals surface area contributed by atoms with Crippen LogP contribution in [0.1, 0.15) is 49.7 Å². The number of aromatic hydroxyl groups is 1. The summed E-state index contributed by atoms with van der Waals surface area (Å²) in [4.78, 5) is 17.8. The minimum Gasteiger partial charge on any atom is -0.508 e. The van der Waals surface area contributed by atoms with E-state index in [2.05, 4.69) is 53.4 Å². The van der Waals surface area contributed by atoms with E-state index in [0.29, 0.717) is 19.8 Å². The fourth-order valence-corrected chi connectivity index (χ4v) is 8.15. The van der Waals surface area contributed by atoms with Crippen LogP contribution in [-0.4, -0.2) is 72.5 Å². The van der Waals surface area contributed by atoms with Crippen molar-refractivity contribution in [3.05, 3.63) is 77.9 Å². The average molecular weight is 613 g/mol. The van der Waals surface area contributed by atoms with Gasteiger partial charge in [-0.05, 0) is 128 Å². The van der Waals surface area contributed by atoms with Gasteiger partial charge in [-0.15, -0.1) is 11.3 Å². The lowest BCUT2D eigenvalue weighted by molar-refractivity contribution is 0.0572. The molecule has 8 heteroatoms. The Hall–Kier alpha value is -3.75. The third kappa shape index (κ3) is 6.37.